The van der Waals surface area contributed by atoms with Crippen LogP contribution in [0.2, 0.25) is 0 Å². The van der Waals surface area contributed by atoms with Crippen LogP contribution in [0.1, 0.15) is 24.2 Å². The number of hydrogen-bond acceptors (Lipinski definition) is 3. The molecule has 0 unspecified atom stereocenters. The summed E-state index contributed by atoms with van der Waals surface area (Å²) in [5.41, 5.74) is 1.93. The Morgan fingerprint density at radius 1 is 1.16 bits per heavy atom. The second-order valence-corrected chi connectivity index (χ2v) is 4.62. The zero-order chi connectivity index (χ0) is 13.7. The number of ether oxygens (including phenoxy) is 1. The Morgan fingerprint density at radius 2 is 1.74 bits per heavy atom. The van der Waals surface area contributed by atoms with E-state index >= 15 is 0 Å². The van der Waals surface area contributed by atoms with Gasteiger partial charge < -0.3 is 14.5 Å². The first-order valence-corrected chi connectivity index (χ1v) is 6.98. The van der Waals surface area contributed by atoms with Gasteiger partial charge in [-0.3, -0.25) is 4.79 Å². The third kappa shape index (κ3) is 3.26. The molecule has 1 aromatic carbocycles. The summed E-state index contributed by atoms with van der Waals surface area (Å²) in [7, 11) is 0. The molecular weight excluding hydrogens is 240 g/mol. The van der Waals surface area contributed by atoms with Crippen LogP contribution in [0.5, 0.6) is 0 Å². The fourth-order valence-electron chi connectivity index (χ4n) is 2.35. The number of hydrogen-bond donors (Lipinski definition) is 0. The summed E-state index contributed by atoms with van der Waals surface area (Å²) in [4.78, 5) is 16.4. The Labute approximate surface area is 115 Å². The number of benzene rings is 1. The molecule has 1 saturated heterocycles. The average Bonchev–Trinajstić information content (AvgIpc) is 2.49. The number of nitrogens with zero attached hydrogens (tertiary/aromatic N) is 2. The molecule has 0 atom stereocenters. The topological polar surface area (TPSA) is 32.8 Å². The summed E-state index contributed by atoms with van der Waals surface area (Å²) >= 11 is 0. The van der Waals surface area contributed by atoms with Crippen LogP contribution in [0.15, 0.2) is 24.3 Å². The molecule has 1 aromatic rings. The van der Waals surface area contributed by atoms with Gasteiger partial charge in [-0.25, -0.2) is 0 Å². The van der Waals surface area contributed by atoms with Crippen molar-refractivity contribution in [1.29, 1.82) is 0 Å². The molecule has 0 spiro atoms. The van der Waals surface area contributed by atoms with E-state index in [1.807, 2.05) is 29.2 Å². The Morgan fingerprint density at radius 3 is 2.26 bits per heavy atom. The maximum absolute atomic E-state index is 12.3. The second-order valence-electron chi connectivity index (χ2n) is 4.62. The Balaban J connectivity index is 2.06. The maximum Gasteiger partial charge on any atom is 0.254 e. The molecule has 1 heterocycles. The molecule has 4 nitrogen and oxygen atoms in total. The smallest absolute Gasteiger partial charge is 0.254 e. The van der Waals surface area contributed by atoms with E-state index < -0.39 is 0 Å². The van der Waals surface area contributed by atoms with Crippen molar-refractivity contribution >= 4 is 11.6 Å². The molecule has 0 N–H and O–H groups in total. The Hall–Kier alpha value is -1.55. The first kappa shape index (κ1) is 13.9. The first-order valence-electron chi connectivity index (χ1n) is 6.98. The highest BCUT2D eigenvalue weighted by Crippen LogP contribution is 2.16. The summed E-state index contributed by atoms with van der Waals surface area (Å²) in [6.45, 7) is 8.90. The normalized spacial score (nSPS) is 15.4. The molecule has 0 saturated carbocycles. The van der Waals surface area contributed by atoms with Crippen molar-refractivity contribution in [2.75, 3.05) is 44.3 Å². The molecule has 4 heteroatoms. The number of morpholine rings is 1. The third-order valence-electron chi connectivity index (χ3n) is 3.54. The molecule has 104 valence electrons. The van der Waals surface area contributed by atoms with E-state index in [4.69, 9.17) is 4.74 Å². The van der Waals surface area contributed by atoms with Crippen LogP contribution in [-0.2, 0) is 4.74 Å². The largest absolute Gasteiger partial charge is 0.378 e. The van der Waals surface area contributed by atoms with Gasteiger partial charge in [0.25, 0.3) is 5.91 Å². The van der Waals surface area contributed by atoms with Crippen LogP contribution >= 0.6 is 0 Å². The lowest BCUT2D eigenvalue weighted by Gasteiger charge is -2.27. The lowest BCUT2D eigenvalue weighted by Crippen LogP contribution is -2.40. The molecule has 0 bridgehead atoms. The SMILES string of the molecule is CCN(CC)c1ccc(C(=O)N2CCOCC2)cc1. The molecule has 0 aliphatic carbocycles. The van der Waals surface area contributed by atoms with Crippen molar-refractivity contribution in [2.45, 2.75) is 13.8 Å². The van der Waals surface area contributed by atoms with E-state index in [2.05, 4.69) is 18.7 Å². The van der Waals surface area contributed by atoms with E-state index in [-0.39, 0.29) is 5.91 Å². The highest BCUT2D eigenvalue weighted by molar-refractivity contribution is 5.94. The molecule has 19 heavy (non-hydrogen) atoms. The first-order chi connectivity index (χ1) is 9.26. The van der Waals surface area contributed by atoms with Crippen LogP contribution in [-0.4, -0.2) is 50.2 Å². The summed E-state index contributed by atoms with van der Waals surface area (Å²) in [5.74, 6) is 0.106. The zero-order valence-corrected chi connectivity index (χ0v) is 11.8. The minimum Gasteiger partial charge on any atom is -0.378 e. The standard InChI is InChI=1S/C15H22N2O2/c1-3-16(4-2)14-7-5-13(6-8-14)15(18)17-9-11-19-12-10-17/h5-8H,3-4,9-12H2,1-2H3. The second kappa shape index (κ2) is 6.57. The molecule has 0 aromatic heterocycles. The minimum absolute atomic E-state index is 0.106. The van der Waals surface area contributed by atoms with Crippen molar-refractivity contribution in [3.63, 3.8) is 0 Å². The van der Waals surface area contributed by atoms with Gasteiger partial charge in [0.1, 0.15) is 0 Å². The van der Waals surface area contributed by atoms with Crippen molar-refractivity contribution in [1.82, 2.24) is 4.90 Å². The maximum atomic E-state index is 12.3. The van der Waals surface area contributed by atoms with E-state index in [0.29, 0.717) is 26.3 Å². The molecular formula is C15H22N2O2. The zero-order valence-electron chi connectivity index (χ0n) is 11.8. The quantitative estimate of drug-likeness (QED) is 0.832. The van der Waals surface area contributed by atoms with Crippen LogP contribution in [0.4, 0.5) is 5.69 Å². The highest BCUT2D eigenvalue weighted by Gasteiger charge is 2.18. The van der Waals surface area contributed by atoms with Gasteiger partial charge in [0.05, 0.1) is 13.2 Å². The van der Waals surface area contributed by atoms with E-state index in [1.54, 1.807) is 0 Å². The van der Waals surface area contributed by atoms with Crippen molar-refractivity contribution in [2.24, 2.45) is 0 Å². The predicted octanol–water partition coefficient (Wildman–Crippen LogP) is 2.01. The Bertz CT molecular complexity index is 407. The summed E-state index contributed by atoms with van der Waals surface area (Å²) < 4.78 is 5.26. The van der Waals surface area contributed by atoms with Gasteiger partial charge in [0.15, 0.2) is 0 Å². The Kier molecular flexibility index (Phi) is 4.80. The summed E-state index contributed by atoms with van der Waals surface area (Å²) in [6, 6.07) is 7.90. The lowest BCUT2D eigenvalue weighted by atomic mass is 10.1. The van der Waals surface area contributed by atoms with Crippen LogP contribution in [0.3, 0.4) is 0 Å². The molecule has 1 aliphatic heterocycles. The number of amides is 1. The number of anilines is 1. The highest BCUT2D eigenvalue weighted by atomic mass is 16.5. The van der Waals surface area contributed by atoms with Crippen molar-refractivity contribution < 1.29 is 9.53 Å². The molecule has 1 fully saturated rings. The van der Waals surface area contributed by atoms with E-state index in [1.165, 1.54) is 5.69 Å². The average molecular weight is 262 g/mol. The van der Waals surface area contributed by atoms with Gasteiger partial charge in [-0.2, -0.15) is 0 Å². The summed E-state index contributed by atoms with van der Waals surface area (Å²) in [5, 5.41) is 0. The predicted molar refractivity (Wildman–Crippen MR) is 76.7 cm³/mol. The lowest BCUT2D eigenvalue weighted by molar-refractivity contribution is 0.0303. The molecule has 1 amide bonds. The van der Waals surface area contributed by atoms with Gasteiger partial charge in [0.2, 0.25) is 0 Å². The molecule has 2 rings (SSSR count). The number of carbonyl (C=O) groups excluding carboxylic acids is 1. The van der Waals surface area contributed by atoms with Gasteiger partial charge >= 0.3 is 0 Å². The van der Waals surface area contributed by atoms with Crippen LogP contribution in [0, 0.1) is 0 Å². The monoisotopic (exact) mass is 262 g/mol. The van der Waals surface area contributed by atoms with Gasteiger partial charge in [-0.05, 0) is 38.1 Å². The minimum atomic E-state index is 0.106. The fourth-order valence-corrected chi connectivity index (χ4v) is 2.35. The van der Waals surface area contributed by atoms with Gasteiger partial charge in [-0.15, -0.1) is 0 Å². The van der Waals surface area contributed by atoms with Crippen LogP contribution in [0.25, 0.3) is 0 Å². The third-order valence-corrected chi connectivity index (χ3v) is 3.54. The fraction of sp³-hybridized carbons (Fsp3) is 0.533. The van der Waals surface area contributed by atoms with Crippen molar-refractivity contribution in [3.8, 4) is 0 Å². The van der Waals surface area contributed by atoms with Crippen LogP contribution < -0.4 is 4.90 Å². The number of rotatable bonds is 4. The summed E-state index contributed by atoms with van der Waals surface area (Å²) in [6.07, 6.45) is 0. The van der Waals surface area contributed by atoms with Gasteiger partial charge in [0, 0.05) is 37.4 Å². The van der Waals surface area contributed by atoms with Gasteiger partial charge in [-0.1, -0.05) is 0 Å². The molecule has 0 radical (unpaired) electrons. The number of carbonyl (C=O) groups is 1. The van der Waals surface area contributed by atoms with E-state index in [0.717, 1.165) is 18.7 Å². The van der Waals surface area contributed by atoms with E-state index in [9.17, 15) is 4.79 Å². The molecule has 1 aliphatic rings. The van der Waals surface area contributed by atoms with Crippen molar-refractivity contribution in [3.05, 3.63) is 29.8 Å².